The van der Waals surface area contributed by atoms with Gasteiger partial charge in [-0.05, 0) is 54.6 Å². The molecule has 0 radical (unpaired) electrons. The van der Waals surface area contributed by atoms with Crippen molar-refractivity contribution in [3.63, 3.8) is 0 Å². The average molecular weight is 332 g/mol. The number of nitrogens with zero attached hydrogens (tertiary/aromatic N) is 1. The Bertz CT molecular complexity index is 657. The zero-order valence-corrected chi connectivity index (χ0v) is 14.1. The molecule has 1 aliphatic rings. The van der Waals surface area contributed by atoms with Gasteiger partial charge < -0.3 is 9.84 Å². The van der Waals surface area contributed by atoms with Gasteiger partial charge in [-0.2, -0.15) is 0 Å². The molecule has 0 spiro atoms. The van der Waals surface area contributed by atoms with E-state index in [1.807, 2.05) is 24.3 Å². The molecule has 23 heavy (non-hydrogen) atoms. The van der Waals surface area contributed by atoms with Crippen LogP contribution in [0, 0.1) is 5.92 Å². The predicted octanol–water partition coefficient (Wildman–Crippen LogP) is 4.12. The molecular formula is C19H22ClNO2. The number of benzene rings is 2. The summed E-state index contributed by atoms with van der Waals surface area (Å²) in [6, 6.07) is 13.8. The summed E-state index contributed by atoms with van der Waals surface area (Å²) in [5.41, 5.74) is 2.35. The van der Waals surface area contributed by atoms with Gasteiger partial charge in [0.25, 0.3) is 0 Å². The molecule has 0 amide bonds. The lowest BCUT2D eigenvalue weighted by atomic mass is 9.99. The molecule has 2 aromatic rings. The minimum absolute atomic E-state index is 0.165. The van der Waals surface area contributed by atoms with Gasteiger partial charge in [0, 0.05) is 13.1 Å². The van der Waals surface area contributed by atoms with Crippen LogP contribution in [0.1, 0.15) is 17.5 Å². The zero-order chi connectivity index (χ0) is 16.2. The van der Waals surface area contributed by atoms with Gasteiger partial charge >= 0.3 is 0 Å². The van der Waals surface area contributed by atoms with Gasteiger partial charge in [-0.3, -0.25) is 4.90 Å². The van der Waals surface area contributed by atoms with E-state index in [0.29, 0.717) is 10.9 Å². The number of methoxy groups -OCH3 is 1. The number of rotatable bonds is 5. The lowest BCUT2D eigenvalue weighted by Gasteiger charge is -2.17. The van der Waals surface area contributed by atoms with E-state index in [0.717, 1.165) is 37.4 Å². The first-order valence-electron chi connectivity index (χ1n) is 7.97. The number of halogens is 1. The van der Waals surface area contributed by atoms with Crippen LogP contribution in [0.15, 0.2) is 42.5 Å². The molecule has 1 saturated heterocycles. The summed E-state index contributed by atoms with van der Waals surface area (Å²) in [6.07, 6.45) is 2.29. The lowest BCUT2D eigenvalue weighted by molar-refractivity contribution is 0.316. The fourth-order valence-electron chi connectivity index (χ4n) is 3.25. The highest BCUT2D eigenvalue weighted by atomic mass is 35.5. The van der Waals surface area contributed by atoms with Crippen LogP contribution in [-0.2, 0) is 13.0 Å². The Morgan fingerprint density at radius 3 is 2.74 bits per heavy atom. The summed E-state index contributed by atoms with van der Waals surface area (Å²) in [7, 11) is 1.69. The molecule has 122 valence electrons. The van der Waals surface area contributed by atoms with E-state index in [4.69, 9.17) is 16.3 Å². The molecule has 2 aromatic carbocycles. The third kappa shape index (κ3) is 3.98. The van der Waals surface area contributed by atoms with Crippen molar-refractivity contribution in [1.82, 2.24) is 4.90 Å². The maximum Gasteiger partial charge on any atom is 0.134 e. The second-order valence-corrected chi connectivity index (χ2v) is 6.57. The number of likely N-dealkylation sites (tertiary alicyclic amines) is 1. The van der Waals surface area contributed by atoms with Crippen molar-refractivity contribution >= 4 is 11.6 Å². The van der Waals surface area contributed by atoms with Crippen LogP contribution >= 0.6 is 11.6 Å². The summed E-state index contributed by atoms with van der Waals surface area (Å²) in [6.45, 7) is 2.94. The van der Waals surface area contributed by atoms with Crippen LogP contribution in [0.2, 0.25) is 5.02 Å². The quantitative estimate of drug-likeness (QED) is 0.894. The number of hydrogen-bond donors (Lipinski definition) is 1. The highest BCUT2D eigenvalue weighted by molar-refractivity contribution is 6.32. The Kier molecular flexibility index (Phi) is 5.09. The molecule has 1 heterocycles. The first-order chi connectivity index (χ1) is 11.2. The lowest BCUT2D eigenvalue weighted by Crippen LogP contribution is -2.20. The molecule has 1 unspecified atom stereocenters. The van der Waals surface area contributed by atoms with E-state index in [1.54, 1.807) is 13.2 Å². The number of ether oxygens (including phenoxy) is 1. The molecule has 3 rings (SSSR count). The molecule has 4 heteroatoms. The van der Waals surface area contributed by atoms with Crippen LogP contribution in [0.3, 0.4) is 0 Å². The second kappa shape index (κ2) is 7.24. The van der Waals surface area contributed by atoms with Crippen LogP contribution in [0.4, 0.5) is 0 Å². The normalized spacial score (nSPS) is 18.3. The van der Waals surface area contributed by atoms with Crippen molar-refractivity contribution in [3.05, 3.63) is 58.6 Å². The van der Waals surface area contributed by atoms with E-state index >= 15 is 0 Å². The number of aromatic hydroxyl groups is 1. The third-order valence-corrected chi connectivity index (χ3v) is 4.94. The molecule has 3 nitrogen and oxygen atoms in total. The standard InChI is InChI=1S/C19H22ClNO2/c1-23-17-7-5-14(6-8-17)11-15-9-10-21(12-15)13-16-3-2-4-18(22)19(16)20/h2-8,15,22H,9-13H2,1H3. The van der Waals surface area contributed by atoms with Gasteiger partial charge in [0.15, 0.2) is 0 Å². The first kappa shape index (κ1) is 16.2. The Hall–Kier alpha value is -1.71. The Balaban J connectivity index is 1.56. The van der Waals surface area contributed by atoms with Crippen molar-refractivity contribution < 1.29 is 9.84 Å². The number of phenols is 1. The predicted molar refractivity (Wildman–Crippen MR) is 93.2 cm³/mol. The van der Waals surface area contributed by atoms with E-state index in [-0.39, 0.29) is 5.75 Å². The molecule has 1 atom stereocenters. The Morgan fingerprint density at radius 2 is 2.00 bits per heavy atom. The summed E-state index contributed by atoms with van der Waals surface area (Å²) >= 11 is 6.18. The monoisotopic (exact) mass is 331 g/mol. The zero-order valence-electron chi connectivity index (χ0n) is 13.3. The molecule has 0 aromatic heterocycles. The minimum atomic E-state index is 0.165. The smallest absolute Gasteiger partial charge is 0.134 e. The molecule has 0 saturated carbocycles. The average Bonchev–Trinajstić information content (AvgIpc) is 3.00. The minimum Gasteiger partial charge on any atom is -0.506 e. The highest BCUT2D eigenvalue weighted by Gasteiger charge is 2.23. The summed E-state index contributed by atoms with van der Waals surface area (Å²) < 4.78 is 5.20. The van der Waals surface area contributed by atoms with Crippen LogP contribution in [0.25, 0.3) is 0 Å². The Morgan fingerprint density at radius 1 is 1.22 bits per heavy atom. The van der Waals surface area contributed by atoms with Crippen molar-refractivity contribution in [2.45, 2.75) is 19.4 Å². The maximum absolute atomic E-state index is 9.70. The van der Waals surface area contributed by atoms with Gasteiger partial charge in [-0.25, -0.2) is 0 Å². The highest BCUT2D eigenvalue weighted by Crippen LogP contribution is 2.30. The van der Waals surface area contributed by atoms with Crippen LogP contribution in [-0.4, -0.2) is 30.2 Å². The molecule has 1 fully saturated rings. The van der Waals surface area contributed by atoms with Crippen LogP contribution < -0.4 is 4.74 Å². The molecule has 1 aliphatic heterocycles. The van der Waals surface area contributed by atoms with E-state index in [1.165, 1.54) is 12.0 Å². The van der Waals surface area contributed by atoms with Gasteiger partial charge in [0.2, 0.25) is 0 Å². The fourth-order valence-corrected chi connectivity index (χ4v) is 3.43. The number of hydrogen-bond acceptors (Lipinski definition) is 3. The van der Waals surface area contributed by atoms with Gasteiger partial charge in [-0.15, -0.1) is 0 Å². The first-order valence-corrected chi connectivity index (χ1v) is 8.35. The van der Waals surface area contributed by atoms with Crippen molar-refractivity contribution in [3.8, 4) is 11.5 Å². The molecule has 1 N–H and O–H groups in total. The van der Waals surface area contributed by atoms with Crippen molar-refractivity contribution in [2.24, 2.45) is 5.92 Å². The number of phenolic OH excluding ortho intramolecular Hbond substituents is 1. The third-order valence-electron chi connectivity index (χ3n) is 4.51. The van der Waals surface area contributed by atoms with E-state index in [9.17, 15) is 5.11 Å². The van der Waals surface area contributed by atoms with E-state index in [2.05, 4.69) is 17.0 Å². The molecular weight excluding hydrogens is 310 g/mol. The maximum atomic E-state index is 9.70. The van der Waals surface area contributed by atoms with Crippen LogP contribution in [0.5, 0.6) is 11.5 Å². The summed E-state index contributed by atoms with van der Waals surface area (Å²) in [5, 5.41) is 10.2. The largest absolute Gasteiger partial charge is 0.506 e. The van der Waals surface area contributed by atoms with Gasteiger partial charge in [0.05, 0.1) is 12.1 Å². The van der Waals surface area contributed by atoms with Gasteiger partial charge in [-0.1, -0.05) is 35.9 Å². The van der Waals surface area contributed by atoms with Gasteiger partial charge in [0.1, 0.15) is 11.5 Å². The van der Waals surface area contributed by atoms with Crippen molar-refractivity contribution in [2.75, 3.05) is 20.2 Å². The molecule has 0 aliphatic carbocycles. The summed E-state index contributed by atoms with van der Waals surface area (Å²) in [4.78, 5) is 2.41. The van der Waals surface area contributed by atoms with E-state index < -0.39 is 0 Å². The second-order valence-electron chi connectivity index (χ2n) is 6.19. The molecule has 0 bridgehead atoms. The fraction of sp³-hybridized carbons (Fsp3) is 0.368. The Labute approximate surface area is 142 Å². The van der Waals surface area contributed by atoms with Crippen molar-refractivity contribution in [1.29, 1.82) is 0 Å². The topological polar surface area (TPSA) is 32.7 Å². The SMILES string of the molecule is COc1ccc(CC2CCN(Cc3cccc(O)c3Cl)C2)cc1. The summed E-state index contributed by atoms with van der Waals surface area (Å²) in [5.74, 6) is 1.73.